The molecule has 0 saturated heterocycles. The number of ether oxygens (including phenoxy) is 2. The Labute approximate surface area is 210 Å². The highest BCUT2D eigenvalue weighted by molar-refractivity contribution is 7.99. The van der Waals surface area contributed by atoms with Crippen LogP contribution in [0.25, 0.3) is 0 Å². The van der Waals surface area contributed by atoms with Crippen LogP contribution in [0.2, 0.25) is 5.02 Å². The average Bonchev–Trinajstić information content (AvgIpc) is 2.79. The Balaban J connectivity index is 1.50. The highest BCUT2D eigenvalue weighted by Crippen LogP contribution is 2.29. The third kappa shape index (κ3) is 8.43. The van der Waals surface area contributed by atoms with Gasteiger partial charge in [-0.05, 0) is 67.8 Å². The van der Waals surface area contributed by atoms with Crippen LogP contribution in [-0.2, 0) is 17.2 Å². The van der Waals surface area contributed by atoms with Gasteiger partial charge >= 0.3 is 0 Å². The molecular formula is C27H29ClN2O3S. The molecule has 0 aliphatic heterocycles. The number of hydrazone groups is 1. The highest BCUT2D eigenvalue weighted by Gasteiger charge is 2.07. The number of benzene rings is 3. The van der Waals surface area contributed by atoms with Gasteiger partial charge in [-0.15, -0.1) is 11.8 Å². The number of carbonyl (C=O) groups is 1. The van der Waals surface area contributed by atoms with Gasteiger partial charge in [0.2, 0.25) is 5.91 Å². The van der Waals surface area contributed by atoms with Crippen LogP contribution in [0.1, 0.15) is 34.7 Å². The van der Waals surface area contributed by atoms with Crippen LogP contribution in [0.3, 0.4) is 0 Å². The van der Waals surface area contributed by atoms with Crippen molar-refractivity contribution in [3.63, 3.8) is 0 Å². The third-order valence-electron chi connectivity index (χ3n) is 4.76. The molecule has 0 saturated carbocycles. The van der Waals surface area contributed by atoms with Gasteiger partial charge in [-0.3, -0.25) is 4.79 Å². The van der Waals surface area contributed by atoms with Crippen LogP contribution in [0, 0.1) is 13.8 Å². The molecule has 34 heavy (non-hydrogen) atoms. The second-order valence-electron chi connectivity index (χ2n) is 7.84. The van der Waals surface area contributed by atoms with Crippen LogP contribution in [0.4, 0.5) is 0 Å². The van der Waals surface area contributed by atoms with Crippen molar-refractivity contribution in [2.75, 3.05) is 12.4 Å². The SMILES string of the molecule is CCOc1cc(/C=N\NC(=O)CSCc2cc(C)cc(C)c2)ccc1OCc1ccc(Cl)cc1. The summed E-state index contributed by atoms with van der Waals surface area (Å²) in [5, 5.41) is 4.77. The second-order valence-corrected chi connectivity index (χ2v) is 9.26. The molecule has 3 aromatic rings. The molecule has 0 bridgehead atoms. The topological polar surface area (TPSA) is 59.9 Å². The Morgan fingerprint density at radius 1 is 0.971 bits per heavy atom. The average molecular weight is 497 g/mol. The van der Waals surface area contributed by atoms with Crippen molar-refractivity contribution < 1.29 is 14.3 Å². The number of hydrogen-bond donors (Lipinski definition) is 1. The molecule has 0 aliphatic rings. The lowest BCUT2D eigenvalue weighted by atomic mass is 10.1. The zero-order valence-electron chi connectivity index (χ0n) is 19.6. The number of rotatable bonds is 11. The third-order valence-corrected chi connectivity index (χ3v) is 6.02. The van der Waals surface area contributed by atoms with E-state index in [1.165, 1.54) is 16.7 Å². The predicted octanol–water partition coefficient (Wildman–Crippen LogP) is 6.32. The molecule has 0 unspecified atom stereocenters. The van der Waals surface area contributed by atoms with Gasteiger partial charge in [-0.25, -0.2) is 5.43 Å². The van der Waals surface area contributed by atoms with E-state index in [0.717, 1.165) is 16.9 Å². The summed E-state index contributed by atoms with van der Waals surface area (Å²) in [6.07, 6.45) is 1.60. The van der Waals surface area contributed by atoms with Crippen molar-refractivity contribution in [3.8, 4) is 11.5 Å². The molecule has 3 rings (SSSR count). The Morgan fingerprint density at radius 3 is 2.41 bits per heavy atom. The normalized spacial score (nSPS) is 10.9. The highest BCUT2D eigenvalue weighted by atomic mass is 35.5. The minimum Gasteiger partial charge on any atom is -0.490 e. The van der Waals surface area contributed by atoms with Gasteiger partial charge in [0.05, 0.1) is 18.6 Å². The molecule has 0 fully saturated rings. The maximum Gasteiger partial charge on any atom is 0.250 e. The fraction of sp³-hybridized carbons (Fsp3) is 0.259. The van der Waals surface area contributed by atoms with E-state index in [2.05, 4.69) is 42.6 Å². The van der Waals surface area contributed by atoms with Crippen molar-refractivity contribution in [1.29, 1.82) is 0 Å². The van der Waals surface area contributed by atoms with Crippen LogP contribution in [0.15, 0.2) is 65.8 Å². The molecule has 1 amide bonds. The van der Waals surface area contributed by atoms with E-state index in [-0.39, 0.29) is 5.91 Å². The van der Waals surface area contributed by atoms with Gasteiger partial charge in [-0.2, -0.15) is 5.10 Å². The van der Waals surface area contributed by atoms with Crippen LogP contribution < -0.4 is 14.9 Å². The Morgan fingerprint density at radius 2 is 1.71 bits per heavy atom. The number of aryl methyl sites for hydroxylation is 2. The maximum atomic E-state index is 12.1. The van der Waals surface area contributed by atoms with E-state index in [0.29, 0.717) is 35.5 Å². The van der Waals surface area contributed by atoms with Gasteiger partial charge in [0.15, 0.2) is 11.5 Å². The van der Waals surface area contributed by atoms with Gasteiger partial charge < -0.3 is 9.47 Å². The predicted molar refractivity (Wildman–Crippen MR) is 141 cm³/mol. The van der Waals surface area contributed by atoms with Crippen LogP contribution >= 0.6 is 23.4 Å². The molecule has 0 aromatic heterocycles. The van der Waals surface area contributed by atoms with Crippen molar-refractivity contribution in [2.24, 2.45) is 5.10 Å². The lowest BCUT2D eigenvalue weighted by Crippen LogP contribution is -2.19. The maximum absolute atomic E-state index is 12.1. The lowest BCUT2D eigenvalue weighted by molar-refractivity contribution is -0.118. The van der Waals surface area contributed by atoms with Crippen molar-refractivity contribution in [1.82, 2.24) is 5.43 Å². The first kappa shape index (κ1) is 25.7. The van der Waals surface area contributed by atoms with E-state index in [1.54, 1.807) is 18.0 Å². The summed E-state index contributed by atoms with van der Waals surface area (Å²) in [7, 11) is 0. The fourth-order valence-electron chi connectivity index (χ4n) is 3.36. The monoisotopic (exact) mass is 496 g/mol. The molecule has 3 aromatic carbocycles. The fourth-order valence-corrected chi connectivity index (χ4v) is 4.24. The van der Waals surface area contributed by atoms with E-state index in [9.17, 15) is 4.79 Å². The molecule has 0 atom stereocenters. The molecule has 0 aliphatic carbocycles. The second kappa shape index (κ2) is 13.1. The van der Waals surface area contributed by atoms with Gasteiger partial charge in [0.25, 0.3) is 0 Å². The smallest absolute Gasteiger partial charge is 0.250 e. The van der Waals surface area contributed by atoms with Crippen molar-refractivity contribution in [2.45, 2.75) is 33.1 Å². The molecule has 5 nitrogen and oxygen atoms in total. The number of hydrogen-bond acceptors (Lipinski definition) is 5. The summed E-state index contributed by atoms with van der Waals surface area (Å²) >= 11 is 7.50. The Bertz CT molecular complexity index is 1110. The quantitative estimate of drug-likeness (QED) is 0.249. The number of amides is 1. The van der Waals surface area contributed by atoms with Gasteiger partial charge in [0.1, 0.15) is 6.61 Å². The molecule has 1 N–H and O–H groups in total. The van der Waals surface area contributed by atoms with E-state index in [4.69, 9.17) is 21.1 Å². The zero-order valence-corrected chi connectivity index (χ0v) is 21.2. The summed E-state index contributed by atoms with van der Waals surface area (Å²) in [6, 6.07) is 19.5. The standard InChI is InChI=1S/C27H29ClN2O3S/c1-4-32-26-14-22(7-10-25(26)33-16-21-5-8-24(28)9-6-21)15-29-30-27(31)18-34-17-23-12-19(2)11-20(3)13-23/h5-15H,4,16-18H2,1-3H3,(H,30,31)/b29-15-. The molecular weight excluding hydrogens is 468 g/mol. The van der Waals surface area contributed by atoms with Crippen LogP contribution in [0.5, 0.6) is 11.5 Å². The summed E-state index contributed by atoms with van der Waals surface area (Å²) in [5.41, 5.74) is 8.08. The number of carbonyl (C=O) groups excluding carboxylic acids is 1. The first-order chi connectivity index (χ1) is 16.4. The van der Waals surface area contributed by atoms with E-state index in [1.807, 2.05) is 49.4 Å². The number of halogens is 1. The summed E-state index contributed by atoms with van der Waals surface area (Å²) < 4.78 is 11.6. The summed E-state index contributed by atoms with van der Waals surface area (Å²) in [6.45, 7) is 6.99. The Kier molecular flexibility index (Phi) is 9.86. The van der Waals surface area contributed by atoms with Gasteiger partial charge in [-0.1, -0.05) is 53.1 Å². The van der Waals surface area contributed by atoms with Crippen molar-refractivity contribution >= 4 is 35.5 Å². The molecule has 0 heterocycles. The van der Waals surface area contributed by atoms with E-state index < -0.39 is 0 Å². The molecule has 7 heteroatoms. The number of nitrogens with zero attached hydrogens (tertiary/aromatic N) is 1. The summed E-state index contributed by atoms with van der Waals surface area (Å²) in [4.78, 5) is 12.1. The first-order valence-corrected chi connectivity index (χ1v) is 12.6. The minimum absolute atomic E-state index is 0.140. The number of nitrogens with one attached hydrogen (secondary N) is 1. The minimum atomic E-state index is -0.140. The first-order valence-electron chi connectivity index (χ1n) is 11.0. The van der Waals surface area contributed by atoms with Crippen LogP contribution in [-0.4, -0.2) is 24.5 Å². The Hall–Kier alpha value is -2.96. The number of thioether (sulfide) groups is 1. The lowest BCUT2D eigenvalue weighted by Gasteiger charge is -2.12. The largest absolute Gasteiger partial charge is 0.490 e. The molecule has 0 spiro atoms. The van der Waals surface area contributed by atoms with Gasteiger partial charge in [0, 0.05) is 10.8 Å². The molecule has 0 radical (unpaired) electrons. The van der Waals surface area contributed by atoms with E-state index >= 15 is 0 Å². The molecule has 178 valence electrons. The summed E-state index contributed by atoms with van der Waals surface area (Å²) in [5.74, 6) is 2.25. The zero-order chi connectivity index (χ0) is 24.3. The van der Waals surface area contributed by atoms with Crippen molar-refractivity contribution in [3.05, 3.63) is 93.5 Å².